The van der Waals surface area contributed by atoms with E-state index < -0.39 is 0 Å². The second-order valence-electron chi connectivity index (χ2n) is 8.88. The maximum atomic E-state index is 13.1. The Morgan fingerprint density at radius 3 is 2.62 bits per heavy atom. The third kappa shape index (κ3) is 4.64. The Bertz CT molecular complexity index is 820. The SMILES string of the molecule is CC(C)CNC(=O)[C@H]1Cc2ccccc2N2CCN(CCc3ccccc3)C[C@H]12. The molecule has 2 atom stereocenters. The molecule has 4 heteroatoms. The van der Waals surface area contributed by atoms with Crippen LogP contribution in [0.3, 0.4) is 0 Å². The van der Waals surface area contributed by atoms with Gasteiger partial charge in [-0.25, -0.2) is 0 Å². The normalized spacial score (nSPS) is 21.6. The van der Waals surface area contributed by atoms with Crippen LogP contribution in [-0.2, 0) is 17.6 Å². The van der Waals surface area contributed by atoms with E-state index in [1.807, 2.05) is 0 Å². The van der Waals surface area contributed by atoms with Gasteiger partial charge in [0.25, 0.3) is 0 Å². The number of para-hydroxylation sites is 1. The van der Waals surface area contributed by atoms with E-state index in [4.69, 9.17) is 0 Å². The van der Waals surface area contributed by atoms with E-state index in [1.54, 1.807) is 0 Å². The van der Waals surface area contributed by atoms with Crippen LogP contribution >= 0.6 is 0 Å². The van der Waals surface area contributed by atoms with E-state index in [1.165, 1.54) is 16.8 Å². The number of benzene rings is 2. The molecular formula is C25H33N3O. The van der Waals surface area contributed by atoms with Crippen molar-refractivity contribution in [2.24, 2.45) is 11.8 Å². The van der Waals surface area contributed by atoms with Gasteiger partial charge in [0.15, 0.2) is 0 Å². The summed E-state index contributed by atoms with van der Waals surface area (Å²) < 4.78 is 0. The van der Waals surface area contributed by atoms with Crippen LogP contribution in [0.4, 0.5) is 5.69 Å². The van der Waals surface area contributed by atoms with Crippen molar-refractivity contribution in [1.29, 1.82) is 0 Å². The molecule has 2 aromatic rings. The van der Waals surface area contributed by atoms with E-state index in [-0.39, 0.29) is 17.9 Å². The Hall–Kier alpha value is -2.33. The van der Waals surface area contributed by atoms with Crippen molar-refractivity contribution in [3.63, 3.8) is 0 Å². The van der Waals surface area contributed by atoms with E-state index in [2.05, 4.69) is 83.6 Å². The molecule has 1 fully saturated rings. The lowest BCUT2D eigenvalue weighted by atomic mass is 9.83. The number of hydrogen-bond donors (Lipinski definition) is 1. The van der Waals surface area contributed by atoms with Crippen LogP contribution in [-0.4, -0.2) is 49.6 Å². The summed E-state index contributed by atoms with van der Waals surface area (Å²) in [7, 11) is 0. The molecule has 0 radical (unpaired) electrons. The molecule has 4 rings (SSSR count). The van der Waals surface area contributed by atoms with Gasteiger partial charge in [-0.3, -0.25) is 9.69 Å². The highest BCUT2D eigenvalue weighted by Crippen LogP contribution is 2.36. The number of nitrogens with zero attached hydrogens (tertiary/aromatic N) is 2. The predicted octanol–water partition coefficient (Wildman–Crippen LogP) is 3.36. The summed E-state index contributed by atoms with van der Waals surface area (Å²) >= 11 is 0. The van der Waals surface area contributed by atoms with Crippen LogP contribution in [0.2, 0.25) is 0 Å². The fraction of sp³-hybridized carbons (Fsp3) is 0.480. The number of nitrogens with one attached hydrogen (secondary N) is 1. The van der Waals surface area contributed by atoms with Crippen molar-refractivity contribution < 1.29 is 4.79 Å². The molecule has 154 valence electrons. The third-order valence-corrected chi connectivity index (χ3v) is 6.29. The van der Waals surface area contributed by atoms with E-state index >= 15 is 0 Å². The number of piperazine rings is 1. The molecule has 1 N–H and O–H groups in total. The molecule has 2 aliphatic rings. The van der Waals surface area contributed by atoms with Gasteiger partial charge in [-0.2, -0.15) is 0 Å². The average molecular weight is 392 g/mol. The first-order valence-electron chi connectivity index (χ1n) is 11.0. The lowest BCUT2D eigenvalue weighted by Gasteiger charge is -2.49. The summed E-state index contributed by atoms with van der Waals surface area (Å²) in [6.07, 6.45) is 1.90. The number of anilines is 1. The van der Waals surface area contributed by atoms with E-state index in [0.717, 1.165) is 45.6 Å². The molecule has 0 unspecified atom stereocenters. The number of rotatable bonds is 6. The van der Waals surface area contributed by atoms with Gasteiger partial charge in [0.2, 0.25) is 5.91 Å². The molecule has 4 nitrogen and oxygen atoms in total. The lowest BCUT2D eigenvalue weighted by molar-refractivity contribution is -0.126. The summed E-state index contributed by atoms with van der Waals surface area (Å²) in [5.41, 5.74) is 4.02. The topological polar surface area (TPSA) is 35.6 Å². The zero-order valence-electron chi connectivity index (χ0n) is 17.7. The molecular weight excluding hydrogens is 358 g/mol. The number of hydrogen-bond acceptors (Lipinski definition) is 3. The maximum Gasteiger partial charge on any atom is 0.225 e. The highest BCUT2D eigenvalue weighted by atomic mass is 16.1. The summed E-state index contributed by atoms with van der Waals surface area (Å²) in [5.74, 6) is 0.705. The molecule has 0 saturated carbocycles. The highest BCUT2D eigenvalue weighted by Gasteiger charge is 2.41. The smallest absolute Gasteiger partial charge is 0.225 e. The molecule has 1 saturated heterocycles. The van der Waals surface area contributed by atoms with Gasteiger partial charge in [0.1, 0.15) is 0 Å². The van der Waals surface area contributed by atoms with Crippen molar-refractivity contribution >= 4 is 11.6 Å². The molecule has 0 aromatic heterocycles. The largest absolute Gasteiger partial charge is 0.365 e. The molecule has 29 heavy (non-hydrogen) atoms. The van der Waals surface area contributed by atoms with Crippen molar-refractivity contribution in [1.82, 2.24) is 10.2 Å². The van der Waals surface area contributed by atoms with Crippen molar-refractivity contribution in [3.8, 4) is 0 Å². The second kappa shape index (κ2) is 9.00. The molecule has 1 amide bonds. The number of carbonyl (C=O) groups is 1. The van der Waals surface area contributed by atoms with Crippen molar-refractivity contribution in [2.45, 2.75) is 32.7 Å². The molecule has 2 heterocycles. The summed E-state index contributed by atoms with van der Waals surface area (Å²) in [6, 6.07) is 19.6. The van der Waals surface area contributed by atoms with E-state index in [9.17, 15) is 4.79 Å². The Morgan fingerprint density at radius 1 is 1.07 bits per heavy atom. The minimum atomic E-state index is 0.0168. The van der Waals surface area contributed by atoms with Crippen LogP contribution in [0.1, 0.15) is 25.0 Å². The molecule has 0 bridgehead atoms. The lowest BCUT2D eigenvalue weighted by Crippen LogP contribution is -2.61. The fourth-order valence-electron chi connectivity index (χ4n) is 4.69. The first-order chi connectivity index (χ1) is 14.1. The van der Waals surface area contributed by atoms with Gasteiger partial charge in [0, 0.05) is 38.4 Å². The van der Waals surface area contributed by atoms with Gasteiger partial charge < -0.3 is 10.2 Å². The van der Waals surface area contributed by atoms with E-state index in [0.29, 0.717) is 5.92 Å². The van der Waals surface area contributed by atoms with Crippen molar-refractivity contribution in [3.05, 3.63) is 65.7 Å². The first-order valence-corrected chi connectivity index (χ1v) is 11.0. The first kappa shape index (κ1) is 20.0. The predicted molar refractivity (Wildman–Crippen MR) is 119 cm³/mol. The molecule has 0 spiro atoms. The van der Waals surface area contributed by atoms with Crippen LogP contribution in [0, 0.1) is 11.8 Å². The second-order valence-corrected chi connectivity index (χ2v) is 8.88. The highest BCUT2D eigenvalue weighted by molar-refractivity contribution is 5.82. The zero-order chi connectivity index (χ0) is 20.2. The summed E-state index contributed by atoms with van der Waals surface area (Å²) in [4.78, 5) is 18.1. The summed E-state index contributed by atoms with van der Waals surface area (Å²) in [6.45, 7) is 9.10. The Labute approximate surface area is 174 Å². The van der Waals surface area contributed by atoms with Crippen LogP contribution in [0.5, 0.6) is 0 Å². The Kier molecular flexibility index (Phi) is 6.19. The van der Waals surface area contributed by atoms with Gasteiger partial charge >= 0.3 is 0 Å². The van der Waals surface area contributed by atoms with Gasteiger partial charge in [0.05, 0.1) is 12.0 Å². The third-order valence-electron chi connectivity index (χ3n) is 6.29. The number of amides is 1. The van der Waals surface area contributed by atoms with Crippen LogP contribution in [0.25, 0.3) is 0 Å². The van der Waals surface area contributed by atoms with Crippen LogP contribution < -0.4 is 10.2 Å². The average Bonchev–Trinajstić information content (AvgIpc) is 2.76. The Morgan fingerprint density at radius 2 is 1.83 bits per heavy atom. The van der Waals surface area contributed by atoms with Crippen LogP contribution in [0.15, 0.2) is 54.6 Å². The molecule has 2 aliphatic heterocycles. The van der Waals surface area contributed by atoms with Gasteiger partial charge in [-0.15, -0.1) is 0 Å². The minimum Gasteiger partial charge on any atom is -0.365 e. The standard InChI is InChI=1S/C25H33N3O/c1-19(2)17-26-25(29)22-16-21-10-6-7-11-23(21)28-15-14-27(18-24(22)28)13-12-20-8-4-3-5-9-20/h3-11,19,22,24H,12-18H2,1-2H3,(H,26,29)/t22-,24+/m0/s1. The zero-order valence-corrected chi connectivity index (χ0v) is 17.7. The number of fused-ring (bicyclic) bond motifs is 3. The maximum absolute atomic E-state index is 13.1. The van der Waals surface area contributed by atoms with Gasteiger partial charge in [-0.1, -0.05) is 62.4 Å². The molecule has 0 aliphatic carbocycles. The molecule has 2 aromatic carbocycles. The number of carbonyl (C=O) groups excluding carboxylic acids is 1. The minimum absolute atomic E-state index is 0.0168. The van der Waals surface area contributed by atoms with Gasteiger partial charge in [-0.05, 0) is 36.0 Å². The fourth-order valence-corrected chi connectivity index (χ4v) is 4.69. The Balaban J connectivity index is 1.49. The monoisotopic (exact) mass is 391 g/mol. The summed E-state index contributed by atoms with van der Waals surface area (Å²) in [5, 5.41) is 3.20. The van der Waals surface area contributed by atoms with Crippen molar-refractivity contribution in [2.75, 3.05) is 37.6 Å². The quantitative estimate of drug-likeness (QED) is 0.820.